The molecule has 2 fully saturated rings. The number of nitrogens with one attached hydrogen (secondary N) is 2. The summed E-state index contributed by atoms with van der Waals surface area (Å²) < 4.78 is 5.12. The Morgan fingerprint density at radius 3 is 2.94 bits per heavy atom. The minimum atomic E-state index is 0.0205. The highest BCUT2D eigenvalue weighted by atomic mass is 16.5. The maximum Gasteiger partial charge on any atom is 0.237 e. The lowest BCUT2D eigenvalue weighted by Gasteiger charge is -2.24. The fourth-order valence-electron chi connectivity index (χ4n) is 2.97. The van der Waals surface area contributed by atoms with E-state index in [9.17, 15) is 4.79 Å². The number of hydrogen-bond donors (Lipinski definition) is 2. The highest BCUT2D eigenvalue weighted by molar-refractivity contribution is 5.82. The maximum absolute atomic E-state index is 12.0. The van der Waals surface area contributed by atoms with Crippen LogP contribution in [0.1, 0.15) is 39.0 Å². The average Bonchev–Trinajstić information content (AvgIpc) is 2.79. The molecule has 1 heterocycles. The summed E-state index contributed by atoms with van der Waals surface area (Å²) in [6.45, 7) is 2.56. The van der Waals surface area contributed by atoms with Gasteiger partial charge in [-0.25, -0.2) is 0 Å². The van der Waals surface area contributed by atoms with Gasteiger partial charge in [-0.3, -0.25) is 4.79 Å². The maximum atomic E-state index is 12.0. The summed E-state index contributed by atoms with van der Waals surface area (Å²) in [5.41, 5.74) is 0. The van der Waals surface area contributed by atoms with E-state index in [2.05, 4.69) is 10.6 Å². The third kappa shape index (κ3) is 3.19. The molecule has 1 aliphatic carbocycles. The lowest BCUT2D eigenvalue weighted by molar-refractivity contribution is -0.123. The first kappa shape index (κ1) is 12.8. The van der Waals surface area contributed by atoms with Crippen LogP contribution in [0.2, 0.25) is 0 Å². The molecule has 4 unspecified atom stereocenters. The summed E-state index contributed by atoms with van der Waals surface area (Å²) in [7, 11) is 1.67. The molecule has 2 aliphatic rings. The molecule has 0 spiro atoms. The van der Waals surface area contributed by atoms with E-state index >= 15 is 0 Å². The van der Waals surface area contributed by atoms with Crippen molar-refractivity contribution in [2.45, 2.75) is 57.2 Å². The van der Waals surface area contributed by atoms with Crippen LogP contribution < -0.4 is 10.6 Å². The molecular weight excluding hydrogens is 216 g/mol. The van der Waals surface area contributed by atoms with Crippen molar-refractivity contribution in [1.29, 1.82) is 0 Å². The van der Waals surface area contributed by atoms with E-state index < -0.39 is 0 Å². The zero-order chi connectivity index (χ0) is 12.3. The highest BCUT2D eigenvalue weighted by Gasteiger charge is 2.37. The molecule has 1 saturated heterocycles. The Labute approximate surface area is 103 Å². The fourth-order valence-corrected chi connectivity index (χ4v) is 2.97. The topological polar surface area (TPSA) is 50.4 Å². The van der Waals surface area contributed by atoms with Gasteiger partial charge in [0.2, 0.25) is 5.91 Å². The SMILES string of the molecule is COC(C)CNC(=O)C1CC2CCCCC2N1. The van der Waals surface area contributed by atoms with Crippen LogP contribution in [0.15, 0.2) is 0 Å². The van der Waals surface area contributed by atoms with E-state index in [4.69, 9.17) is 4.74 Å². The summed E-state index contributed by atoms with van der Waals surface area (Å²) in [5, 5.41) is 6.44. The molecule has 0 bridgehead atoms. The Balaban J connectivity index is 1.77. The number of rotatable bonds is 4. The van der Waals surface area contributed by atoms with Crippen LogP contribution in [-0.2, 0) is 9.53 Å². The second kappa shape index (κ2) is 5.83. The molecule has 2 N–H and O–H groups in total. The van der Waals surface area contributed by atoms with Crippen LogP contribution in [0.25, 0.3) is 0 Å². The van der Waals surface area contributed by atoms with Crippen LogP contribution in [-0.4, -0.2) is 37.7 Å². The second-order valence-corrected chi connectivity index (χ2v) is 5.40. The van der Waals surface area contributed by atoms with E-state index in [1.54, 1.807) is 7.11 Å². The average molecular weight is 240 g/mol. The van der Waals surface area contributed by atoms with E-state index in [-0.39, 0.29) is 18.1 Å². The van der Waals surface area contributed by atoms with Crippen LogP contribution in [0, 0.1) is 5.92 Å². The van der Waals surface area contributed by atoms with Gasteiger partial charge in [0, 0.05) is 19.7 Å². The van der Waals surface area contributed by atoms with Gasteiger partial charge < -0.3 is 15.4 Å². The predicted octanol–water partition coefficient (Wildman–Crippen LogP) is 1.06. The minimum Gasteiger partial charge on any atom is -0.380 e. The van der Waals surface area contributed by atoms with Crippen molar-refractivity contribution in [3.05, 3.63) is 0 Å². The lowest BCUT2D eigenvalue weighted by atomic mass is 9.85. The van der Waals surface area contributed by atoms with Crippen molar-refractivity contribution in [3.8, 4) is 0 Å². The van der Waals surface area contributed by atoms with Gasteiger partial charge in [0.25, 0.3) is 0 Å². The Kier molecular flexibility index (Phi) is 4.40. The van der Waals surface area contributed by atoms with Crippen LogP contribution in [0.3, 0.4) is 0 Å². The smallest absolute Gasteiger partial charge is 0.237 e. The van der Waals surface area contributed by atoms with Gasteiger partial charge in [0.1, 0.15) is 0 Å². The number of carbonyl (C=O) groups is 1. The molecule has 98 valence electrons. The molecule has 4 nitrogen and oxygen atoms in total. The van der Waals surface area contributed by atoms with Crippen molar-refractivity contribution < 1.29 is 9.53 Å². The van der Waals surface area contributed by atoms with E-state index in [0.29, 0.717) is 12.6 Å². The first-order valence-electron chi connectivity index (χ1n) is 6.77. The molecule has 4 atom stereocenters. The largest absolute Gasteiger partial charge is 0.380 e. The molecule has 0 aromatic carbocycles. The number of fused-ring (bicyclic) bond motifs is 1. The van der Waals surface area contributed by atoms with Gasteiger partial charge >= 0.3 is 0 Å². The molecule has 0 radical (unpaired) electrons. The van der Waals surface area contributed by atoms with Crippen molar-refractivity contribution in [1.82, 2.24) is 10.6 Å². The molecule has 17 heavy (non-hydrogen) atoms. The second-order valence-electron chi connectivity index (χ2n) is 5.40. The van der Waals surface area contributed by atoms with Crippen molar-refractivity contribution in [3.63, 3.8) is 0 Å². The molecular formula is C13H24N2O2. The normalized spacial score (nSPS) is 34.1. The number of hydrogen-bond acceptors (Lipinski definition) is 3. The zero-order valence-corrected chi connectivity index (χ0v) is 10.9. The van der Waals surface area contributed by atoms with Gasteiger partial charge in [0.15, 0.2) is 0 Å². The van der Waals surface area contributed by atoms with Gasteiger partial charge in [-0.2, -0.15) is 0 Å². The molecule has 1 aliphatic heterocycles. The highest BCUT2D eigenvalue weighted by Crippen LogP contribution is 2.33. The van der Waals surface area contributed by atoms with Crippen molar-refractivity contribution in [2.24, 2.45) is 5.92 Å². The molecule has 2 rings (SSSR count). The first-order valence-corrected chi connectivity index (χ1v) is 6.77. The first-order chi connectivity index (χ1) is 8.20. The summed E-state index contributed by atoms with van der Waals surface area (Å²) in [6.07, 6.45) is 6.26. The molecule has 1 saturated carbocycles. The Morgan fingerprint density at radius 2 is 2.24 bits per heavy atom. The third-order valence-corrected chi connectivity index (χ3v) is 4.15. The minimum absolute atomic E-state index is 0.0205. The van der Waals surface area contributed by atoms with E-state index in [0.717, 1.165) is 12.3 Å². The van der Waals surface area contributed by atoms with Crippen LogP contribution in [0.5, 0.6) is 0 Å². The van der Waals surface area contributed by atoms with Crippen LogP contribution in [0.4, 0.5) is 0 Å². The van der Waals surface area contributed by atoms with Crippen LogP contribution >= 0.6 is 0 Å². The molecule has 1 amide bonds. The molecule has 0 aromatic rings. The predicted molar refractivity (Wildman–Crippen MR) is 66.8 cm³/mol. The summed E-state index contributed by atoms with van der Waals surface area (Å²) in [5.74, 6) is 0.864. The van der Waals surface area contributed by atoms with Crippen molar-refractivity contribution >= 4 is 5.91 Å². The third-order valence-electron chi connectivity index (χ3n) is 4.15. The summed E-state index contributed by atoms with van der Waals surface area (Å²) in [6, 6.07) is 0.603. The zero-order valence-electron chi connectivity index (χ0n) is 10.9. The van der Waals surface area contributed by atoms with Gasteiger partial charge in [-0.1, -0.05) is 12.8 Å². The quantitative estimate of drug-likeness (QED) is 0.772. The molecule has 4 heteroatoms. The fraction of sp³-hybridized carbons (Fsp3) is 0.923. The van der Waals surface area contributed by atoms with E-state index in [1.165, 1.54) is 25.7 Å². The lowest BCUT2D eigenvalue weighted by Crippen LogP contribution is -2.45. The summed E-state index contributed by atoms with van der Waals surface area (Å²) in [4.78, 5) is 12.0. The Morgan fingerprint density at radius 1 is 1.47 bits per heavy atom. The Bertz CT molecular complexity index is 256. The van der Waals surface area contributed by atoms with Gasteiger partial charge in [0.05, 0.1) is 12.1 Å². The standard InChI is InChI=1S/C13H24N2O2/c1-9(17-2)8-14-13(16)12-7-10-5-3-4-6-11(10)15-12/h9-12,15H,3-8H2,1-2H3,(H,14,16). The monoisotopic (exact) mass is 240 g/mol. The number of ether oxygens (including phenoxy) is 1. The molecule has 0 aromatic heterocycles. The van der Waals surface area contributed by atoms with Gasteiger partial charge in [-0.15, -0.1) is 0 Å². The number of amides is 1. The van der Waals surface area contributed by atoms with E-state index in [1.807, 2.05) is 6.92 Å². The van der Waals surface area contributed by atoms with Crippen molar-refractivity contribution in [2.75, 3.05) is 13.7 Å². The van der Waals surface area contributed by atoms with Gasteiger partial charge in [-0.05, 0) is 32.1 Å². The summed E-state index contributed by atoms with van der Waals surface area (Å²) >= 11 is 0. The number of methoxy groups -OCH3 is 1. The number of carbonyl (C=O) groups excluding carboxylic acids is 1. The Hall–Kier alpha value is -0.610.